The van der Waals surface area contributed by atoms with Crippen molar-refractivity contribution in [1.82, 2.24) is 0 Å². The fourth-order valence-electron chi connectivity index (χ4n) is 1.03. The van der Waals surface area contributed by atoms with Gasteiger partial charge in [0.05, 0.1) is 0 Å². The Hall–Kier alpha value is -1.03. The number of carbonyl (C=O) groups is 1. The van der Waals surface area contributed by atoms with E-state index in [0.29, 0.717) is 12.1 Å². The van der Waals surface area contributed by atoms with Crippen molar-refractivity contribution < 1.29 is 9.90 Å². The second-order valence-electron chi connectivity index (χ2n) is 2.71. The molecule has 0 aromatic heterocycles. The van der Waals surface area contributed by atoms with Gasteiger partial charge in [-0.3, -0.25) is 4.79 Å². The van der Waals surface area contributed by atoms with Crippen molar-refractivity contribution >= 4 is 27.6 Å². The van der Waals surface area contributed by atoms with Gasteiger partial charge >= 0.3 is 5.97 Å². The minimum atomic E-state index is -0.797. The lowest BCUT2D eigenvalue weighted by Gasteiger charge is -2.04. The Morgan fingerprint density at radius 3 is 2.85 bits per heavy atom. The summed E-state index contributed by atoms with van der Waals surface area (Å²) in [5.74, 6) is -0.797. The number of anilines is 1. The van der Waals surface area contributed by atoms with Gasteiger partial charge in [0.15, 0.2) is 0 Å². The van der Waals surface area contributed by atoms with Crippen molar-refractivity contribution in [2.75, 3.05) is 5.73 Å². The average Bonchev–Trinajstić information content (AvgIpc) is 2.07. The third-order valence-corrected chi connectivity index (χ3v) is 2.68. The summed E-state index contributed by atoms with van der Waals surface area (Å²) in [4.78, 5) is 10.3. The van der Waals surface area contributed by atoms with Gasteiger partial charge in [0.25, 0.3) is 0 Å². The van der Waals surface area contributed by atoms with Gasteiger partial charge in [-0.05, 0) is 34.0 Å². The summed E-state index contributed by atoms with van der Waals surface area (Å²) < 4.78 is 0.802. The zero-order valence-electron chi connectivity index (χ0n) is 6.96. The van der Waals surface area contributed by atoms with Crippen LogP contribution >= 0.6 is 15.9 Å². The largest absolute Gasteiger partial charge is 0.481 e. The summed E-state index contributed by atoms with van der Waals surface area (Å²) >= 11 is 3.31. The van der Waals surface area contributed by atoms with E-state index in [-0.39, 0.29) is 6.42 Å². The molecule has 0 saturated heterocycles. The van der Waals surface area contributed by atoms with E-state index in [1.54, 1.807) is 6.07 Å². The first-order valence-corrected chi connectivity index (χ1v) is 4.65. The SMILES string of the molecule is Nc1cccc(CCC(=O)O)c1Br. The molecular weight excluding hydrogens is 234 g/mol. The highest BCUT2D eigenvalue weighted by molar-refractivity contribution is 9.10. The van der Waals surface area contributed by atoms with Crippen LogP contribution < -0.4 is 5.73 Å². The Balaban J connectivity index is 2.77. The normalized spacial score (nSPS) is 9.92. The van der Waals surface area contributed by atoms with Crippen LogP contribution in [0, 0.1) is 0 Å². The molecule has 1 rings (SSSR count). The van der Waals surface area contributed by atoms with E-state index < -0.39 is 5.97 Å². The number of hydrogen-bond acceptors (Lipinski definition) is 2. The molecule has 13 heavy (non-hydrogen) atoms. The second kappa shape index (κ2) is 4.28. The molecule has 0 unspecified atom stereocenters. The van der Waals surface area contributed by atoms with Gasteiger partial charge in [-0.15, -0.1) is 0 Å². The van der Waals surface area contributed by atoms with Crippen LogP contribution in [0.1, 0.15) is 12.0 Å². The average molecular weight is 244 g/mol. The first-order chi connectivity index (χ1) is 6.11. The maximum Gasteiger partial charge on any atom is 0.303 e. The van der Waals surface area contributed by atoms with E-state index in [9.17, 15) is 4.79 Å². The minimum Gasteiger partial charge on any atom is -0.481 e. The van der Waals surface area contributed by atoms with Crippen LogP contribution in [0.5, 0.6) is 0 Å². The number of carboxylic acid groups (broad SMARTS) is 1. The highest BCUT2D eigenvalue weighted by Gasteiger charge is 2.04. The van der Waals surface area contributed by atoms with E-state index in [0.717, 1.165) is 10.0 Å². The molecule has 0 aliphatic rings. The standard InChI is InChI=1S/C9H10BrNO2/c10-9-6(4-5-8(12)13)2-1-3-7(9)11/h1-3H,4-5,11H2,(H,12,13). The van der Waals surface area contributed by atoms with Crippen molar-refractivity contribution in [2.24, 2.45) is 0 Å². The summed E-state index contributed by atoms with van der Waals surface area (Å²) in [6, 6.07) is 5.45. The van der Waals surface area contributed by atoms with Crippen molar-refractivity contribution in [2.45, 2.75) is 12.8 Å². The summed E-state index contributed by atoms with van der Waals surface area (Å²) in [6.07, 6.45) is 0.628. The topological polar surface area (TPSA) is 63.3 Å². The third-order valence-electron chi connectivity index (χ3n) is 1.72. The molecule has 0 spiro atoms. The highest BCUT2D eigenvalue weighted by atomic mass is 79.9. The number of benzene rings is 1. The molecule has 0 amide bonds. The van der Waals surface area contributed by atoms with E-state index >= 15 is 0 Å². The molecule has 0 bridgehead atoms. The zero-order valence-corrected chi connectivity index (χ0v) is 8.54. The lowest BCUT2D eigenvalue weighted by atomic mass is 10.1. The van der Waals surface area contributed by atoms with E-state index in [1.807, 2.05) is 12.1 Å². The van der Waals surface area contributed by atoms with Gasteiger partial charge in [-0.2, -0.15) is 0 Å². The Morgan fingerprint density at radius 2 is 2.23 bits per heavy atom. The van der Waals surface area contributed by atoms with Crippen LogP contribution in [-0.4, -0.2) is 11.1 Å². The molecule has 0 aliphatic heterocycles. The molecule has 3 nitrogen and oxygen atoms in total. The molecule has 1 aromatic rings. The Morgan fingerprint density at radius 1 is 1.54 bits per heavy atom. The number of hydrogen-bond donors (Lipinski definition) is 2. The van der Waals surface area contributed by atoms with Gasteiger partial charge in [-0.25, -0.2) is 0 Å². The quantitative estimate of drug-likeness (QED) is 0.800. The molecule has 0 fully saturated rings. The predicted molar refractivity (Wildman–Crippen MR) is 54.5 cm³/mol. The molecule has 0 radical (unpaired) electrons. The molecular formula is C9H10BrNO2. The Bertz CT molecular complexity index is 325. The Labute approximate surface area is 84.7 Å². The molecule has 0 aliphatic carbocycles. The second-order valence-corrected chi connectivity index (χ2v) is 3.51. The van der Waals surface area contributed by atoms with Gasteiger partial charge in [-0.1, -0.05) is 12.1 Å². The predicted octanol–water partition coefficient (Wildman–Crippen LogP) is 2.05. The number of nitrogens with two attached hydrogens (primary N) is 1. The molecule has 3 N–H and O–H groups in total. The number of carboxylic acids is 1. The molecule has 1 aromatic carbocycles. The maximum absolute atomic E-state index is 10.3. The van der Waals surface area contributed by atoms with E-state index in [4.69, 9.17) is 10.8 Å². The highest BCUT2D eigenvalue weighted by Crippen LogP contribution is 2.24. The minimum absolute atomic E-state index is 0.127. The molecule has 0 saturated carbocycles. The summed E-state index contributed by atoms with van der Waals surface area (Å²) in [7, 11) is 0. The van der Waals surface area contributed by atoms with Crippen LogP contribution in [0.3, 0.4) is 0 Å². The number of halogens is 1. The number of aliphatic carboxylic acids is 1. The van der Waals surface area contributed by atoms with Crippen LogP contribution in [0.15, 0.2) is 22.7 Å². The first kappa shape index (κ1) is 10.1. The third kappa shape index (κ3) is 2.73. The van der Waals surface area contributed by atoms with Crippen molar-refractivity contribution in [3.8, 4) is 0 Å². The number of nitrogen functional groups attached to an aromatic ring is 1. The van der Waals surface area contributed by atoms with Gasteiger partial charge < -0.3 is 10.8 Å². The molecule has 70 valence electrons. The van der Waals surface area contributed by atoms with Crippen molar-refractivity contribution in [3.05, 3.63) is 28.2 Å². The van der Waals surface area contributed by atoms with Crippen LogP contribution in [0.2, 0.25) is 0 Å². The van der Waals surface area contributed by atoms with Crippen LogP contribution in [0.4, 0.5) is 5.69 Å². The van der Waals surface area contributed by atoms with E-state index in [1.165, 1.54) is 0 Å². The fourth-order valence-corrected chi connectivity index (χ4v) is 1.50. The lowest BCUT2D eigenvalue weighted by molar-refractivity contribution is -0.136. The maximum atomic E-state index is 10.3. The fraction of sp³-hybridized carbons (Fsp3) is 0.222. The number of aryl methyl sites for hydroxylation is 1. The zero-order chi connectivity index (χ0) is 9.84. The van der Waals surface area contributed by atoms with Gasteiger partial charge in [0, 0.05) is 16.6 Å². The van der Waals surface area contributed by atoms with E-state index in [2.05, 4.69) is 15.9 Å². The molecule has 4 heteroatoms. The first-order valence-electron chi connectivity index (χ1n) is 3.86. The lowest BCUT2D eigenvalue weighted by Crippen LogP contribution is -1.99. The monoisotopic (exact) mass is 243 g/mol. The smallest absolute Gasteiger partial charge is 0.303 e. The van der Waals surface area contributed by atoms with Gasteiger partial charge in [0.1, 0.15) is 0 Å². The van der Waals surface area contributed by atoms with Crippen LogP contribution in [0.25, 0.3) is 0 Å². The summed E-state index contributed by atoms with van der Waals surface area (Å²) in [5, 5.41) is 8.49. The Kier molecular flexibility index (Phi) is 3.31. The molecule has 0 atom stereocenters. The number of rotatable bonds is 3. The van der Waals surface area contributed by atoms with Crippen LogP contribution in [-0.2, 0) is 11.2 Å². The van der Waals surface area contributed by atoms with Crippen molar-refractivity contribution in [1.29, 1.82) is 0 Å². The summed E-state index contributed by atoms with van der Waals surface area (Å²) in [6.45, 7) is 0. The van der Waals surface area contributed by atoms with Gasteiger partial charge in [0.2, 0.25) is 0 Å². The van der Waals surface area contributed by atoms with Crippen molar-refractivity contribution in [3.63, 3.8) is 0 Å². The summed E-state index contributed by atoms with van der Waals surface area (Å²) in [5.41, 5.74) is 7.21. The molecule has 0 heterocycles.